The van der Waals surface area contributed by atoms with Crippen LogP contribution in [-0.4, -0.2) is 37.2 Å². The number of ether oxygens (including phenoxy) is 3. The van der Waals surface area contributed by atoms with Gasteiger partial charge in [0.2, 0.25) is 0 Å². The van der Waals surface area contributed by atoms with Crippen LogP contribution < -0.4 is 0 Å². The third kappa shape index (κ3) is 63.9. The Labute approximate surface area is 485 Å². The number of hydrogen-bond acceptors (Lipinski definition) is 6. The summed E-state index contributed by atoms with van der Waals surface area (Å²) >= 11 is 0. The Bertz CT molecular complexity index is 1390. The fraction of sp³-hybridized carbons (Fsp3) is 0.819. The molecule has 0 aromatic carbocycles. The first kappa shape index (κ1) is 75.1. The van der Waals surface area contributed by atoms with Gasteiger partial charge in [0.1, 0.15) is 13.2 Å². The minimum absolute atomic E-state index is 0.0774. The molecule has 1 atom stereocenters. The number of carbonyl (C=O) groups is 3. The van der Waals surface area contributed by atoms with Gasteiger partial charge in [0, 0.05) is 19.3 Å². The third-order valence-corrected chi connectivity index (χ3v) is 15.2. The minimum atomic E-state index is -0.782. The van der Waals surface area contributed by atoms with Crippen molar-refractivity contribution < 1.29 is 28.6 Å². The van der Waals surface area contributed by atoms with Crippen molar-refractivity contribution in [2.24, 2.45) is 0 Å². The first-order valence-corrected chi connectivity index (χ1v) is 34.3. The Kier molecular flexibility index (Phi) is 64.2. The smallest absolute Gasteiger partial charge is 0.306 e. The molecule has 454 valence electrons. The van der Waals surface area contributed by atoms with Crippen LogP contribution in [0.1, 0.15) is 361 Å². The maximum absolute atomic E-state index is 13.0. The standard InChI is InChI=1S/C72H130O6/c1-4-7-10-13-16-19-22-25-28-31-34-36-38-41-44-47-50-53-56-59-62-65-71(74)77-68-69(67-76-70(73)64-61-58-55-52-49-46-43-40-33-30-27-24-21-18-15-12-9-6-3)78-72(75)66-63-60-57-54-51-48-45-42-39-37-35-32-29-26-23-20-17-14-11-8-5-2/h22-23,25-26,30-35,69H,4-21,24,27-29,36-68H2,1-3H3/b25-22-,26-23-,33-30-,34-31-,35-32-. The van der Waals surface area contributed by atoms with Gasteiger partial charge in [-0.15, -0.1) is 0 Å². The fourth-order valence-electron chi connectivity index (χ4n) is 10.0. The molecule has 0 aliphatic heterocycles. The van der Waals surface area contributed by atoms with Crippen molar-refractivity contribution in [2.45, 2.75) is 367 Å². The van der Waals surface area contributed by atoms with Crippen LogP contribution >= 0.6 is 0 Å². The summed E-state index contributed by atoms with van der Waals surface area (Å²) in [6.45, 7) is 6.66. The number of carbonyl (C=O) groups excluding carboxylic acids is 3. The zero-order chi connectivity index (χ0) is 56.4. The molecule has 78 heavy (non-hydrogen) atoms. The van der Waals surface area contributed by atoms with E-state index in [0.717, 1.165) is 70.6 Å². The summed E-state index contributed by atoms with van der Waals surface area (Å²) in [5, 5.41) is 0. The van der Waals surface area contributed by atoms with Gasteiger partial charge in [-0.1, -0.05) is 293 Å². The zero-order valence-corrected chi connectivity index (χ0v) is 52.2. The van der Waals surface area contributed by atoms with Crippen LogP contribution in [0.15, 0.2) is 60.8 Å². The van der Waals surface area contributed by atoms with Crippen LogP contribution in [0.25, 0.3) is 0 Å². The highest BCUT2D eigenvalue weighted by Gasteiger charge is 2.19. The van der Waals surface area contributed by atoms with E-state index in [1.165, 1.54) is 250 Å². The van der Waals surface area contributed by atoms with E-state index in [2.05, 4.69) is 81.5 Å². The monoisotopic (exact) mass is 1090 g/mol. The molecule has 0 saturated carbocycles. The summed E-state index contributed by atoms with van der Waals surface area (Å²) in [7, 11) is 0. The molecular formula is C72H130O6. The molecule has 0 radical (unpaired) electrons. The Morgan fingerprint density at radius 1 is 0.256 bits per heavy atom. The van der Waals surface area contributed by atoms with Crippen molar-refractivity contribution in [1.82, 2.24) is 0 Å². The molecule has 0 aliphatic rings. The van der Waals surface area contributed by atoms with Gasteiger partial charge >= 0.3 is 17.9 Å². The quantitative estimate of drug-likeness (QED) is 0.0261. The molecule has 0 saturated heterocycles. The van der Waals surface area contributed by atoms with Gasteiger partial charge in [-0.2, -0.15) is 0 Å². The number of rotatable bonds is 63. The van der Waals surface area contributed by atoms with E-state index in [1.807, 2.05) is 0 Å². The van der Waals surface area contributed by atoms with Gasteiger partial charge in [0.25, 0.3) is 0 Å². The molecule has 0 rings (SSSR count). The van der Waals surface area contributed by atoms with E-state index in [0.29, 0.717) is 19.3 Å². The molecule has 0 spiro atoms. The van der Waals surface area contributed by atoms with Gasteiger partial charge in [-0.3, -0.25) is 14.4 Å². The molecular weight excluding hydrogens is 961 g/mol. The summed E-state index contributed by atoms with van der Waals surface area (Å²) < 4.78 is 17.0. The first-order valence-electron chi connectivity index (χ1n) is 34.3. The van der Waals surface area contributed by atoms with E-state index in [-0.39, 0.29) is 31.1 Å². The predicted octanol–water partition coefficient (Wildman–Crippen LogP) is 23.5. The second-order valence-corrected chi connectivity index (χ2v) is 23.1. The second-order valence-electron chi connectivity index (χ2n) is 23.1. The Morgan fingerprint density at radius 2 is 0.462 bits per heavy atom. The number of allylic oxidation sites excluding steroid dienone is 10. The zero-order valence-electron chi connectivity index (χ0n) is 52.2. The van der Waals surface area contributed by atoms with Gasteiger partial charge < -0.3 is 14.2 Å². The predicted molar refractivity (Wildman–Crippen MR) is 339 cm³/mol. The van der Waals surface area contributed by atoms with Crippen molar-refractivity contribution >= 4 is 17.9 Å². The Hall–Kier alpha value is -2.89. The van der Waals surface area contributed by atoms with Crippen LogP contribution in [0.2, 0.25) is 0 Å². The number of esters is 3. The molecule has 0 aromatic heterocycles. The van der Waals surface area contributed by atoms with Crippen LogP contribution in [0.3, 0.4) is 0 Å². The van der Waals surface area contributed by atoms with Crippen molar-refractivity contribution in [2.75, 3.05) is 13.2 Å². The molecule has 6 heteroatoms. The molecule has 1 unspecified atom stereocenters. The molecule has 0 amide bonds. The normalized spacial score (nSPS) is 12.4. The molecule has 0 aliphatic carbocycles. The molecule has 0 heterocycles. The molecule has 0 N–H and O–H groups in total. The topological polar surface area (TPSA) is 78.9 Å². The summed E-state index contributed by atoms with van der Waals surface area (Å²) in [6.07, 6.45) is 85.1. The second kappa shape index (κ2) is 66.6. The molecule has 0 aromatic rings. The van der Waals surface area contributed by atoms with E-state index in [9.17, 15) is 14.4 Å². The lowest BCUT2D eigenvalue weighted by molar-refractivity contribution is -0.167. The van der Waals surface area contributed by atoms with Gasteiger partial charge in [0.15, 0.2) is 6.10 Å². The SMILES string of the molecule is CCCCCCC/C=C\C/C=C\CCCCCCCCCCCC(=O)OCC(COC(=O)CCCCCCCCC/C=C\CCCCCCCCC)OC(=O)CCCCCCCCCCC/C=C\C/C=C\CCCCCCC. The largest absolute Gasteiger partial charge is 0.462 e. The molecule has 0 bridgehead atoms. The first-order chi connectivity index (χ1) is 38.5. The Balaban J connectivity index is 4.37. The lowest BCUT2D eigenvalue weighted by Gasteiger charge is -2.18. The lowest BCUT2D eigenvalue weighted by atomic mass is 10.1. The van der Waals surface area contributed by atoms with Gasteiger partial charge in [0.05, 0.1) is 0 Å². The fourth-order valence-corrected chi connectivity index (χ4v) is 10.0. The van der Waals surface area contributed by atoms with Crippen molar-refractivity contribution in [1.29, 1.82) is 0 Å². The van der Waals surface area contributed by atoms with Crippen molar-refractivity contribution in [3.8, 4) is 0 Å². The van der Waals surface area contributed by atoms with Crippen LogP contribution in [0.5, 0.6) is 0 Å². The summed E-state index contributed by atoms with van der Waals surface area (Å²) in [5.74, 6) is -0.869. The highest BCUT2D eigenvalue weighted by atomic mass is 16.6. The third-order valence-electron chi connectivity index (χ3n) is 15.2. The minimum Gasteiger partial charge on any atom is -0.462 e. The highest BCUT2D eigenvalue weighted by Crippen LogP contribution is 2.17. The number of hydrogen-bond donors (Lipinski definition) is 0. The van der Waals surface area contributed by atoms with Crippen molar-refractivity contribution in [3.63, 3.8) is 0 Å². The van der Waals surface area contributed by atoms with E-state index >= 15 is 0 Å². The average molecular weight is 1090 g/mol. The maximum atomic E-state index is 13.0. The lowest BCUT2D eigenvalue weighted by Crippen LogP contribution is -2.30. The van der Waals surface area contributed by atoms with E-state index in [4.69, 9.17) is 14.2 Å². The summed E-state index contributed by atoms with van der Waals surface area (Å²) in [4.78, 5) is 38.4. The van der Waals surface area contributed by atoms with Crippen LogP contribution in [0, 0.1) is 0 Å². The van der Waals surface area contributed by atoms with E-state index in [1.54, 1.807) is 0 Å². The molecule has 0 fully saturated rings. The van der Waals surface area contributed by atoms with Gasteiger partial charge in [-0.25, -0.2) is 0 Å². The molecule has 6 nitrogen and oxygen atoms in total. The Morgan fingerprint density at radius 3 is 0.718 bits per heavy atom. The van der Waals surface area contributed by atoms with Crippen LogP contribution in [0.4, 0.5) is 0 Å². The number of unbranched alkanes of at least 4 members (excludes halogenated alkanes) is 42. The maximum Gasteiger partial charge on any atom is 0.306 e. The van der Waals surface area contributed by atoms with Crippen LogP contribution in [-0.2, 0) is 28.6 Å². The summed E-state index contributed by atoms with van der Waals surface area (Å²) in [5.41, 5.74) is 0. The summed E-state index contributed by atoms with van der Waals surface area (Å²) in [6, 6.07) is 0. The average Bonchev–Trinajstić information content (AvgIpc) is 3.44. The van der Waals surface area contributed by atoms with Gasteiger partial charge in [-0.05, 0) is 109 Å². The van der Waals surface area contributed by atoms with Crippen molar-refractivity contribution in [3.05, 3.63) is 60.8 Å². The van der Waals surface area contributed by atoms with E-state index < -0.39 is 6.10 Å². The highest BCUT2D eigenvalue weighted by molar-refractivity contribution is 5.71.